The van der Waals surface area contributed by atoms with Crippen molar-refractivity contribution >= 4 is 45.8 Å². The summed E-state index contributed by atoms with van der Waals surface area (Å²) in [6, 6.07) is -2.00. The van der Waals surface area contributed by atoms with Gasteiger partial charge >= 0.3 is 24.1 Å². The maximum Gasteiger partial charge on any atom is 0.411 e. The number of carbonyl (C=O) groups excluding carboxylic acids is 4. The molecule has 0 aromatic rings. The highest BCUT2D eigenvalue weighted by molar-refractivity contribution is 7.87. The normalized spacial score (nSPS) is 27.7. The van der Waals surface area contributed by atoms with Gasteiger partial charge in [0.05, 0.1) is 33.4 Å². The molecule has 2 rings (SSSR count). The van der Waals surface area contributed by atoms with Crippen LogP contribution in [0.3, 0.4) is 0 Å². The van der Waals surface area contributed by atoms with Crippen molar-refractivity contribution in [2.75, 3.05) is 32.5 Å². The van der Waals surface area contributed by atoms with Gasteiger partial charge < -0.3 is 24.1 Å². The van der Waals surface area contributed by atoms with Crippen LogP contribution in [-0.2, 0) is 42.8 Å². The number of aliphatic hydroxyl groups excluding tert-OH is 1. The summed E-state index contributed by atoms with van der Waals surface area (Å²) in [5.74, 6) is -1.27. The largest absolute Gasteiger partial charge is 0.467 e. The second kappa shape index (κ2) is 16.0. The van der Waals surface area contributed by atoms with Crippen LogP contribution in [0, 0.1) is 10.8 Å². The summed E-state index contributed by atoms with van der Waals surface area (Å²) in [6.07, 6.45) is 0.466. The Morgan fingerprint density at radius 1 is 0.830 bits per heavy atom. The quantitative estimate of drug-likeness (QED) is 0.120. The van der Waals surface area contributed by atoms with Crippen molar-refractivity contribution in [3.63, 3.8) is 0 Å². The van der Waals surface area contributed by atoms with E-state index in [1.165, 1.54) is 25.2 Å². The minimum atomic E-state index is -4.03. The third-order valence-electron chi connectivity index (χ3n) is 7.77. The fourth-order valence-corrected chi connectivity index (χ4v) is 6.38. The van der Waals surface area contributed by atoms with E-state index in [9.17, 15) is 32.7 Å². The standard InChI is InChI=1S/C16H26ClNO7S.C15H25NO5/c1-7-8-16(5)11(25-26(21,22)10-17)9-18(12(16)13(19)23-6)14(20)24-15(2,3)4;1-7-8-15(5)10(17)9-16(11(15)12(18)20-6)13(19)21-14(2,3)4/h7,11-12H,1,8-10H2,2-6H3;7,10-11,17H,1,8-9H2,2-6H3/t11-,12-,16-;10-,11-,15-/m11/s1. The molecule has 0 aliphatic carbocycles. The lowest BCUT2D eigenvalue weighted by molar-refractivity contribution is -0.150. The van der Waals surface area contributed by atoms with E-state index in [0.717, 1.165) is 4.90 Å². The average molecular weight is 711 g/mol. The summed E-state index contributed by atoms with van der Waals surface area (Å²) in [4.78, 5) is 51.8. The Labute approximate surface area is 283 Å². The van der Waals surface area contributed by atoms with Crippen molar-refractivity contribution in [2.24, 2.45) is 10.8 Å². The number of allylic oxidation sites excluding steroid dienone is 2. The number of nitrogens with zero attached hydrogens (tertiary/aromatic N) is 2. The number of halogens is 1. The molecule has 0 radical (unpaired) electrons. The molecule has 14 nitrogen and oxygen atoms in total. The van der Waals surface area contributed by atoms with Crippen molar-refractivity contribution in [1.29, 1.82) is 0 Å². The Balaban J connectivity index is 0.000000481. The fraction of sp³-hybridized carbons (Fsp3) is 0.742. The van der Waals surface area contributed by atoms with Gasteiger partial charge in [-0.05, 0) is 54.4 Å². The van der Waals surface area contributed by atoms with E-state index in [1.807, 2.05) is 0 Å². The summed E-state index contributed by atoms with van der Waals surface area (Å²) in [5, 5.41) is 9.56. The fourth-order valence-electron chi connectivity index (χ4n) is 5.54. The monoisotopic (exact) mass is 710 g/mol. The van der Waals surface area contributed by atoms with Gasteiger partial charge in [-0.15, -0.1) is 24.8 Å². The molecule has 6 atom stereocenters. The molecule has 16 heteroatoms. The number of ether oxygens (including phenoxy) is 4. The lowest BCUT2D eigenvalue weighted by Gasteiger charge is -2.34. The third-order valence-corrected chi connectivity index (χ3v) is 9.37. The Morgan fingerprint density at radius 2 is 1.21 bits per heavy atom. The highest BCUT2D eigenvalue weighted by Crippen LogP contribution is 2.44. The average Bonchev–Trinajstić information content (AvgIpc) is 3.36. The Hall–Kier alpha value is -2.88. The van der Waals surface area contributed by atoms with Gasteiger partial charge in [0, 0.05) is 10.8 Å². The van der Waals surface area contributed by atoms with Crippen LogP contribution < -0.4 is 0 Å². The number of alkyl halides is 1. The van der Waals surface area contributed by atoms with E-state index in [-0.39, 0.29) is 19.5 Å². The smallest absolute Gasteiger partial charge is 0.411 e. The number of likely N-dealkylation sites (tertiary alicyclic amines) is 2. The van der Waals surface area contributed by atoms with Crippen LogP contribution in [0.4, 0.5) is 9.59 Å². The number of amides is 2. The highest BCUT2D eigenvalue weighted by atomic mass is 35.5. The minimum absolute atomic E-state index is 0.0268. The summed E-state index contributed by atoms with van der Waals surface area (Å²) in [5.41, 5.74) is -3.41. The van der Waals surface area contributed by atoms with Crippen molar-refractivity contribution < 1.29 is 55.8 Å². The number of β-amino-alcohol motifs (C(OH)–C–C–N with tert-alkyl or cyclic N) is 1. The Morgan fingerprint density at radius 3 is 1.57 bits per heavy atom. The van der Waals surface area contributed by atoms with Crippen LogP contribution in [0.25, 0.3) is 0 Å². The molecule has 2 aliphatic heterocycles. The molecule has 0 aromatic carbocycles. The van der Waals surface area contributed by atoms with Crippen LogP contribution in [-0.4, -0.2) is 115 Å². The number of rotatable bonds is 9. The van der Waals surface area contributed by atoms with E-state index in [0.29, 0.717) is 6.42 Å². The predicted molar refractivity (Wildman–Crippen MR) is 174 cm³/mol. The summed E-state index contributed by atoms with van der Waals surface area (Å²) >= 11 is 5.42. The predicted octanol–water partition coefficient (Wildman–Crippen LogP) is 3.99. The SMILES string of the molecule is C=CC[C@]1(C)[C@H](O)CN(C(=O)OC(C)(C)C)[C@@H]1C(=O)OC.C=CC[C@]1(C)[C@H](OS(=O)(=O)CCl)CN(C(=O)OC(C)(C)C)[C@@H]1C(=O)OC. The molecule has 47 heavy (non-hydrogen) atoms. The van der Waals surface area contributed by atoms with Crippen LogP contribution in [0.15, 0.2) is 25.3 Å². The molecule has 0 bridgehead atoms. The van der Waals surface area contributed by atoms with E-state index in [4.69, 9.17) is 34.7 Å². The van der Waals surface area contributed by atoms with E-state index in [1.54, 1.807) is 61.5 Å². The molecule has 0 unspecified atom stereocenters. The van der Waals surface area contributed by atoms with Gasteiger partial charge in [0.15, 0.2) is 0 Å². The van der Waals surface area contributed by atoms with Gasteiger partial charge in [-0.1, -0.05) is 26.0 Å². The van der Waals surface area contributed by atoms with Crippen LogP contribution in [0.1, 0.15) is 68.2 Å². The number of carbonyl (C=O) groups is 4. The zero-order valence-corrected chi connectivity index (χ0v) is 30.6. The van der Waals surface area contributed by atoms with E-state index >= 15 is 0 Å². The van der Waals surface area contributed by atoms with E-state index < -0.39 is 85.8 Å². The Kier molecular flexibility index (Phi) is 14.4. The van der Waals surface area contributed by atoms with Gasteiger partial charge in [0.1, 0.15) is 34.6 Å². The molecule has 0 aromatic heterocycles. The summed E-state index contributed by atoms with van der Waals surface area (Å²) in [6.45, 7) is 20.8. The maximum atomic E-state index is 12.6. The van der Waals surface area contributed by atoms with Gasteiger partial charge in [-0.2, -0.15) is 8.42 Å². The first-order valence-corrected chi connectivity index (χ1v) is 17.0. The molecular formula is C31H51ClN2O12S. The molecular weight excluding hydrogens is 660 g/mol. The zero-order valence-electron chi connectivity index (χ0n) is 29.0. The molecule has 0 spiro atoms. The van der Waals surface area contributed by atoms with Crippen molar-refractivity contribution in [3.8, 4) is 0 Å². The van der Waals surface area contributed by atoms with Crippen molar-refractivity contribution in [3.05, 3.63) is 25.3 Å². The van der Waals surface area contributed by atoms with Crippen molar-refractivity contribution in [2.45, 2.75) is 104 Å². The molecule has 0 saturated carbocycles. The number of esters is 2. The first-order valence-electron chi connectivity index (χ1n) is 14.9. The van der Waals surface area contributed by atoms with Crippen LogP contribution in [0.5, 0.6) is 0 Å². The van der Waals surface area contributed by atoms with Gasteiger partial charge in [0.25, 0.3) is 10.1 Å². The first-order chi connectivity index (χ1) is 21.4. The molecule has 2 fully saturated rings. The molecule has 2 heterocycles. The summed E-state index contributed by atoms with van der Waals surface area (Å²) in [7, 11) is -1.59. The van der Waals surface area contributed by atoms with Gasteiger partial charge in [0.2, 0.25) is 0 Å². The number of hydrogen-bond acceptors (Lipinski definition) is 12. The van der Waals surface area contributed by atoms with E-state index in [2.05, 4.69) is 13.2 Å². The molecule has 2 aliphatic rings. The van der Waals surface area contributed by atoms with Crippen LogP contribution in [0.2, 0.25) is 0 Å². The Bertz CT molecular complexity index is 1280. The second-order valence-corrected chi connectivity index (χ2v) is 16.1. The first kappa shape index (κ1) is 42.1. The lowest BCUT2D eigenvalue weighted by atomic mass is 9.77. The molecule has 270 valence electrons. The van der Waals surface area contributed by atoms with Crippen molar-refractivity contribution in [1.82, 2.24) is 9.80 Å². The van der Waals surface area contributed by atoms with Crippen LogP contribution >= 0.6 is 11.6 Å². The minimum Gasteiger partial charge on any atom is -0.467 e. The number of aliphatic hydroxyl groups is 1. The number of methoxy groups -OCH3 is 2. The van der Waals surface area contributed by atoms with Gasteiger partial charge in [-0.3, -0.25) is 14.0 Å². The third kappa shape index (κ3) is 10.6. The highest BCUT2D eigenvalue weighted by Gasteiger charge is 2.59. The molecule has 2 saturated heterocycles. The molecule has 2 amide bonds. The second-order valence-electron chi connectivity index (χ2n) is 13.9. The maximum absolute atomic E-state index is 12.6. The lowest BCUT2D eigenvalue weighted by Crippen LogP contribution is -2.50. The number of hydrogen-bond donors (Lipinski definition) is 1. The summed E-state index contributed by atoms with van der Waals surface area (Å²) < 4.78 is 49.2. The topological polar surface area (TPSA) is 175 Å². The van der Waals surface area contributed by atoms with Gasteiger partial charge in [-0.25, -0.2) is 19.2 Å². The zero-order chi connectivity index (χ0) is 36.8. The molecule has 1 N–H and O–H groups in total.